The van der Waals surface area contributed by atoms with Crippen LogP contribution in [0.15, 0.2) is 9.85 Å². The van der Waals surface area contributed by atoms with Gasteiger partial charge in [0.2, 0.25) is 0 Å². The van der Waals surface area contributed by atoms with Gasteiger partial charge in [-0.1, -0.05) is 0 Å². The minimum Gasteiger partial charge on any atom is -0.444 e. The standard InChI is InChI=1S/C18H27BrN2O3S/c1-18(2,3)24-17(22)21-9-13(14(10-21)23-4)20-12-6-5-7-15-11(12)8-16(19)25-15/h8,12-14,20H,5-7,9-10H2,1-4H3/t12?,13?,14-/m0/s1. The van der Waals surface area contributed by atoms with Crippen molar-refractivity contribution in [1.29, 1.82) is 0 Å². The first-order valence-electron chi connectivity index (χ1n) is 8.81. The molecule has 0 saturated carbocycles. The number of hydrogen-bond acceptors (Lipinski definition) is 5. The highest BCUT2D eigenvalue weighted by molar-refractivity contribution is 9.11. The minimum absolute atomic E-state index is 0.0139. The fourth-order valence-corrected chi connectivity index (χ4v) is 5.42. The minimum atomic E-state index is -0.480. The van der Waals surface area contributed by atoms with Gasteiger partial charge in [-0.25, -0.2) is 4.79 Å². The summed E-state index contributed by atoms with van der Waals surface area (Å²) in [5, 5.41) is 3.75. The van der Waals surface area contributed by atoms with E-state index >= 15 is 0 Å². The molecule has 1 aromatic heterocycles. The van der Waals surface area contributed by atoms with E-state index in [1.54, 1.807) is 12.0 Å². The number of likely N-dealkylation sites (tertiary alicyclic amines) is 1. The van der Waals surface area contributed by atoms with Crippen molar-refractivity contribution >= 4 is 33.4 Å². The number of methoxy groups -OCH3 is 1. The molecular formula is C18H27BrN2O3S. The van der Waals surface area contributed by atoms with Crippen molar-refractivity contribution in [1.82, 2.24) is 10.2 Å². The second kappa shape index (κ2) is 7.55. The van der Waals surface area contributed by atoms with Crippen LogP contribution in [0, 0.1) is 0 Å². The summed E-state index contributed by atoms with van der Waals surface area (Å²) < 4.78 is 12.4. The predicted octanol–water partition coefficient (Wildman–Crippen LogP) is 4.11. The molecule has 1 aliphatic carbocycles. The van der Waals surface area contributed by atoms with Crippen LogP contribution in [-0.4, -0.2) is 48.9 Å². The van der Waals surface area contributed by atoms with Crippen molar-refractivity contribution < 1.29 is 14.3 Å². The maximum Gasteiger partial charge on any atom is 0.410 e. The number of thiophene rings is 1. The number of halogens is 1. The van der Waals surface area contributed by atoms with Gasteiger partial charge in [-0.05, 0) is 67.6 Å². The number of rotatable bonds is 3. The molecule has 1 N–H and O–H groups in total. The zero-order valence-corrected chi connectivity index (χ0v) is 17.7. The molecule has 1 aromatic rings. The van der Waals surface area contributed by atoms with Crippen molar-refractivity contribution in [2.24, 2.45) is 0 Å². The summed E-state index contributed by atoms with van der Waals surface area (Å²) in [5.74, 6) is 0. The average molecular weight is 431 g/mol. The van der Waals surface area contributed by atoms with E-state index in [2.05, 4.69) is 27.3 Å². The van der Waals surface area contributed by atoms with Gasteiger partial charge in [0, 0.05) is 24.6 Å². The summed E-state index contributed by atoms with van der Waals surface area (Å²) in [6.45, 7) is 6.86. The molecule has 25 heavy (non-hydrogen) atoms. The first-order valence-corrected chi connectivity index (χ1v) is 10.4. The third-order valence-electron chi connectivity index (χ3n) is 4.72. The SMILES string of the molecule is CO[C@H]1CN(C(=O)OC(C)(C)C)CC1NC1CCCc2sc(Br)cc21. The van der Waals surface area contributed by atoms with Crippen molar-refractivity contribution in [3.63, 3.8) is 0 Å². The van der Waals surface area contributed by atoms with Crippen LogP contribution < -0.4 is 5.32 Å². The fraction of sp³-hybridized carbons (Fsp3) is 0.722. The molecule has 0 radical (unpaired) electrons. The average Bonchev–Trinajstić information content (AvgIpc) is 3.08. The van der Waals surface area contributed by atoms with Gasteiger partial charge in [0.05, 0.1) is 22.5 Å². The monoisotopic (exact) mass is 430 g/mol. The number of amides is 1. The lowest BCUT2D eigenvalue weighted by Gasteiger charge is -2.29. The maximum atomic E-state index is 12.4. The number of carbonyl (C=O) groups is 1. The van der Waals surface area contributed by atoms with Crippen molar-refractivity contribution in [3.05, 3.63) is 20.3 Å². The zero-order valence-electron chi connectivity index (χ0n) is 15.3. The lowest BCUT2D eigenvalue weighted by atomic mass is 9.93. The molecule has 2 heterocycles. The highest BCUT2D eigenvalue weighted by atomic mass is 79.9. The molecule has 1 aliphatic heterocycles. The summed E-state index contributed by atoms with van der Waals surface area (Å²) in [6.07, 6.45) is 3.20. The van der Waals surface area contributed by atoms with Gasteiger partial charge in [-0.3, -0.25) is 0 Å². The molecule has 2 unspecified atom stereocenters. The Bertz CT molecular complexity index is 628. The van der Waals surface area contributed by atoms with E-state index in [0.29, 0.717) is 19.1 Å². The van der Waals surface area contributed by atoms with E-state index in [1.807, 2.05) is 32.1 Å². The third-order valence-corrected chi connectivity index (χ3v) is 6.43. The Hall–Kier alpha value is -0.630. The molecule has 2 aliphatic rings. The fourth-order valence-electron chi connectivity index (χ4n) is 3.60. The van der Waals surface area contributed by atoms with E-state index in [0.717, 1.165) is 12.8 Å². The molecule has 1 fully saturated rings. The van der Waals surface area contributed by atoms with Gasteiger partial charge in [-0.15, -0.1) is 11.3 Å². The largest absolute Gasteiger partial charge is 0.444 e. The second-order valence-corrected chi connectivity index (χ2v) is 10.3. The van der Waals surface area contributed by atoms with Crippen LogP contribution in [0.3, 0.4) is 0 Å². The number of nitrogens with zero attached hydrogens (tertiary/aromatic N) is 1. The van der Waals surface area contributed by atoms with E-state index in [9.17, 15) is 4.79 Å². The highest BCUT2D eigenvalue weighted by Gasteiger charge is 2.39. The van der Waals surface area contributed by atoms with E-state index in [1.165, 1.54) is 20.6 Å². The van der Waals surface area contributed by atoms with Crippen LogP contribution >= 0.6 is 27.3 Å². The molecule has 1 amide bonds. The van der Waals surface area contributed by atoms with Crippen LogP contribution in [0.1, 0.15) is 50.1 Å². The number of nitrogens with one attached hydrogen (secondary N) is 1. The summed E-state index contributed by atoms with van der Waals surface area (Å²) in [4.78, 5) is 15.6. The lowest BCUT2D eigenvalue weighted by Crippen LogP contribution is -2.43. The molecule has 3 rings (SSSR count). The van der Waals surface area contributed by atoms with E-state index in [4.69, 9.17) is 9.47 Å². The van der Waals surface area contributed by atoms with Crippen LogP contribution in [-0.2, 0) is 15.9 Å². The van der Waals surface area contributed by atoms with Gasteiger partial charge in [0.15, 0.2) is 0 Å². The van der Waals surface area contributed by atoms with Gasteiger partial charge in [0.1, 0.15) is 5.60 Å². The first kappa shape index (κ1) is 19.1. The molecule has 0 spiro atoms. The predicted molar refractivity (Wildman–Crippen MR) is 103 cm³/mol. The van der Waals surface area contributed by atoms with E-state index in [-0.39, 0.29) is 18.2 Å². The smallest absolute Gasteiger partial charge is 0.410 e. The number of hydrogen-bond donors (Lipinski definition) is 1. The third kappa shape index (κ3) is 4.56. The van der Waals surface area contributed by atoms with Crippen molar-refractivity contribution in [3.8, 4) is 0 Å². The molecule has 1 saturated heterocycles. The molecule has 0 bridgehead atoms. The summed E-state index contributed by atoms with van der Waals surface area (Å²) in [7, 11) is 1.71. The molecule has 7 heteroatoms. The summed E-state index contributed by atoms with van der Waals surface area (Å²) >= 11 is 5.44. The first-order chi connectivity index (χ1) is 11.8. The summed E-state index contributed by atoms with van der Waals surface area (Å²) in [5.41, 5.74) is 0.917. The van der Waals surface area contributed by atoms with Crippen LogP contribution in [0.5, 0.6) is 0 Å². The van der Waals surface area contributed by atoms with Gasteiger partial charge < -0.3 is 19.7 Å². The second-order valence-electron chi connectivity index (χ2n) is 7.81. The topological polar surface area (TPSA) is 50.8 Å². The van der Waals surface area contributed by atoms with E-state index < -0.39 is 5.60 Å². The molecular weight excluding hydrogens is 404 g/mol. The molecule has 3 atom stereocenters. The Kier molecular flexibility index (Phi) is 5.78. The molecule has 140 valence electrons. The Morgan fingerprint density at radius 3 is 2.84 bits per heavy atom. The van der Waals surface area contributed by atoms with Gasteiger partial charge in [0.25, 0.3) is 0 Å². The van der Waals surface area contributed by atoms with Crippen LogP contribution in [0.2, 0.25) is 0 Å². The maximum absolute atomic E-state index is 12.4. The van der Waals surface area contributed by atoms with Gasteiger partial charge >= 0.3 is 6.09 Å². The Morgan fingerprint density at radius 1 is 1.40 bits per heavy atom. The van der Waals surface area contributed by atoms with Crippen LogP contribution in [0.4, 0.5) is 4.79 Å². The summed E-state index contributed by atoms with van der Waals surface area (Å²) in [6, 6.07) is 2.68. The number of aryl methyl sites for hydroxylation is 1. The number of ether oxygens (including phenoxy) is 2. The quantitative estimate of drug-likeness (QED) is 0.783. The molecule has 5 nitrogen and oxygen atoms in total. The van der Waals surface area contributed by atoms with Crippen LogP contribution in [0.25, 0.3) is 0 Å². The molecule has 0 aromatic carbocycles. The Labute approximate surface area is 162 Å². The number of fused-ring (bicyclic) bond motifs is 1. The van der Waals surface area contributed by atoms with Crippen molar-refractivity contribution in [2.75, 3.05) is 20.2 Å². The Balaban J connectivity index is 1.67. The Morgan fingerprint density at radius 2 is 2.16 bits per heavy atom. The normalized spacial score (nSPS) is 26.6. The van der Waals surface area contributed by atoms with Crippen molar-refractivity contribution in [2.45, 2.75) is 63.8 Å². The highest BCUT2D eigenvalue weighted by Crippen LogP contribution is 2.38. The lowest BCUT2D eigenvalue weighted by molar-refractivity contribution is 0.0252. The number of carbonyl (C=O) groups excluding carboxylic acids is 1. The van der Waals surface area contributed by atoms with Gasteiger partial charge in [-0.2, -0.15) is 0 Å². The zero-order chi connectivity index (χ0) is 18.2.